The average molecular weight is 241 g/mol. The highest BCUT2D eigenvalue weighted by atomic mass is 16.5. The zero-order valence-electron chi connectivity index (χ0n) is 10.9. The molecule has 0 aliphatic carbocycles. The van der Waals surface area contributed by atoms with Gasteiger partial charge in [-0.1, -0.05) is 6.92 Å². The Kier molecular flexibility index (Phi) is 6.26. The molecule has 98 valence electrons. The van der Waals surface area contributed by atoms with E-state index in [2.05, 4.69) is 19.2 Å². The van der Waals surface area contributed by atoms with Crippen LogP contribution >= 0.6 is 0 Å². The number of hydrogen-bond donors (Lipinski definition) is 2. The number of aryl methyl sites for hydroxylation is 1. The fourth-order valence-corrected chi connectivity index (χ4v) is 1.66. The van der Waals surface area contributed by atoms with E-state index in [1.165, 1.54) is 0 Å². The zero-order chi connectivity index (χ0) is 12.7. The van der Waals surface area contributed by atoms with Crippen molar-refractivity contribution >= 4 is 0 Å². The third-order valence-corrected chi connectivity index (χ3v) is 2.74. The van der Waals surface area contributed by atoms with Crippen molar-refractivity contribution in [3.05, 3.63) is 23.7 Å². The summed E-state index contributed by atoms with van der Waals surface area (Å²) in [5.41, 5.74) is 0. The molecule has 0 aliphatic rings. The minimum atomic E-state index is -0.400. The van der Waals surface area contributed by atoms with Crippen molar-refractivity contribution in [2.45, 2.75) is 38.8 Å². The van der Waals surface area contributed by atoms with Crippen LogP contribution in [0.2, 0.25) is 0 Å². The largest absolute Gasteiger partial charge is 0.464 e. The monoisotopic (exact) mass is 241 g/mol. The van der Waals surface area contributed by atoms with Crippen molar-refractivity contribution in [3.8, 4) is 0 Å². The molecule has 0 saturated carbocycles. The topological polar surface area (TPSA) is 54.6 Å². The lowest BCUT2D eigenvalue weighted by atomic mass is 10.2. The van der Waals surface area contributed by atoms with Crippen molar-refractivity contribution < 1.29 is 14.3 Å². The van der Waals surface area contributed by atoms with Crippen molar-refractivity contribution in [2.24, 2.45) is 0 Å². The van der Waals surface area contributed by atoms with E-state index in [1.807, 2.05) is 12.1 Å². The third-order valence-electron chi connectivity index (χ3n) is 2.74. The van der Waals surface area contributed by atoms with Gasteiger partial charge in [-0.15, -0.1) is 0 Å². The number of rotatable bonds is 8. The van der Waals surface area contributed by atoms with Gasteiger partial charge in [0.1, 0.15) is 11.5 Å². The van der Waals surface area contributed by atoms with E-state index in [9.17, 15) is 5.11 Å². The van der Waals surface area contributed by atoms with E-state index in [0.29, 0.717) is 13.0 Å². The molecular formula is C13H23NO3. The lowest BCUT2D eigenvalue weighted by Gasteiger charge is -2.13. The number of methoxy groups -OCH3 is 1. The van der Waals surface area contributed by atoms with Crippen molar-refractivity contribution in [1.82, 2.24) is 5.32 Å². The molecule has 1 rings (SSSR count). The summed E-state index contributed by atoms with van der Waals surface area (Å²) < 4.78 is 10.5. The first-order valence-corrected chi connectivity index (χ1v) is 6.16. The molecule has 0 aromatic carbocycles. The second kappa shape index (κ2) is 7.48. The Hall–Kier alpha value is -0.840. The summed E-state index contributed by atoms with van der Waals surface area (Å²) in [6, 6.07) is 4.18. The summed E-state index contributed by atoms with van der Waals surface area (Å²) in [6.45, 7) is 5.26. The van der Waals surface area contributed by atoms with Crippen LogP contribution in [0.15, 0.2) is 16.5 Å². The number of furan rings is 1. The Bertz CT molecular complexity index is 311. The fourth-order valence-electron chi connectivity index (χ4n) is 1.66. The number of ether oxygens (including phenoxy) is 1. The van der Waals surface area contributed by atoms with E-state index >= 15 is 0 Å². The number of aliphatic hydroxyl groups is 1. The molecule has 0 bridgehead atoms. The van der Waals surface area contributed by atoms with Gasteiger partial charge in [-0.05, 0) is 32.0 Å². The fraction of sp³-hybridized carbons (Fsp3) is 0.692. The molecule has 4 heteroatoms. The summed E-state index contributed by atoms with van der Waals surface area (Å²) >= 11 is 0. The molecule has 17 heavy (non-hydrogen) atoms. The minimum absolute atomic E-state index is 0.171. The van der Waals surface area contributed by atoms with Gasteiger partial charge >= 0.3 is 0 Å². The first-order valence-electron chi connectivity index (χ1n) is 6.16. The molecule has 0 fully saturated rings. The van der Waals surface area contributed by atoms with Crippen molar-refractivity contribution in [3.63, 3.8) is 0 Å². The highest BCUT2D eigenvalue weighted by Gasteiger charge is 2.10. The molecule has 1 heterocycles. The van der Waals surface area contributed by atoms with Crippen molar-refractivity contribution in [1.29, 1.82) is 0 Å². The number of nitrogens with one attached hydrogen (secondary N) is 1. The summed E-state index contributed by atoms with van der Waals surface area (Å²) in [4.78, 5) is 0. The quantitative estimate of drug-likeness (QED) is 0.730. The van der Waals surface area contributed by atoms with Gasteiger partial charge in [0, 0.05) is 13.5 Å². The molecule has 4 nitrogen and oxygen atoms in total. The molecule has 1 aromatic rings. The van der Waals surface area contributed by atoms with Gasteiger partial charge < -0.3 is 19.6 Å². The van der Waals surface area contributed by atoms with Crippen LogP contribution in [0, 0.1) is 0 Å². The Morgan fingerprint density at radius 1 is 1.47 bits per heavy atom. The van der Waals surface area contributed by atoms with Gasteiger partial charge in [-0.2, -0.15) is 0 Å². The maximum atomic E-state index is 9.49. The standard InChI is InChI=1S/C13H23NO3/c1-4-12-5-6-13(17-12)10(2)14-8-7-11(15)9-16-3/h5-6,10-11,14-15H,4,7-9H2,1-3H3. The molecule has 0 spiro atoms. The maximum Gasteiger partial charge on any atom is 0.120 e. The third kappa shape index (κ3) is 4.89. The average Bonchev–Trinajstić information content (AvgIpc) is 2.77. The van der Waals surface area contributed by atoms with E-state index < -0.39 is 6.10 Å². The van der Waals surface area contributed by atoms with E-state index in [4.69, 9.17) is 9.15 Å². The van der Waals surface area contributed by atoms with Crippen LogP contribution in [-0.2, 0) is 11.2 Å². The SMILES string of the molecule is CCc1ccc(C(C)NCCC(O)COC)o1. The highest BCUT2D eigenvalue weighted by Crippen LogP contribution is 2.16. The van der Waals surface area contributed by atoms with Crippen LogP contribution in [0.1, 0.15) is 37.8 Å². The van der Waals surface area contributed by atoms with Crippen LogP contribution in [0.25, 0.3) is 0 Å². The van der Waals surface area contributed by atoms with E-state index in [-0.39, 0.29) is 6.04 Å². The number of aliphatic hydroxyl groups excluding tert-OH is 1. The second-order valence-corrected chi connectivity index (χ2v) is 4.23. The normalized spacial score (nSPS) is 14.8. The molecule has 0 radical (unpaired) electrons. The molecule has 2 unspecified atom stereocenters. The van der Waals surface area contributed by atoms with E-state index in [0.717, 1.165) is 24.5 Å². The van der Waals surface area contributed by atoms with Gasteiger partial charge in [0.15, 0.2) is 0 Å². The molecule has 1 aromatic heterocycles. The molecule has 2 atom stereocenters. The Morgan fingerprint density at radius 3 is 2.82 bits per heavy atom. The minimum Gasteiger partial charge on any atom is -0.464 e. The van der Waals surface area contributed by atoms with Crippen LogP contribution in [0.5, 0.6) is 0 Å². The Labute approximate surface area is 103 Å². The first kappa shape index (κ1) is 14.2. The highest BCUT2D eigenvalue weighted by molar-refractivity contribution is 5.10. The zero-order valence-corrected chi connectivity index (χ0v) is 10.9. The summed E-state index contributed by atoms with van der Waals surface area (Å²) in [5.74, 6) is 1.95. The smallest absolute Gasteiger partial charge is 0.120 e. The van der Waals surface area contributed by atoms with Crippen LogP contribution in [-0.4, -0.2) is 31.5 Å². The van der Waals surface area contributed by atoms with E-state index in [1.54, 1.807) is 7.11 Å². The van der Waals surface area contributed by atoms with Crippen LogP contribution < -0.4 is 5.32 Å². The van der Waals surface area contributed by atoms with Gasteiger partial charge in [-0.3, -0.25) is 0 Å². The molecule has 2 N–H and O–H groups in total. The predicted octanol–water partition coefficient (Wildman–Crippen LogP) is 1.89. The Morgan fingerprint density at radius 2 is 2.24 bits per heavy atom. The van der Waals surface area contributed by atoms with Crippen LogP contribution in [0.4, 0.5) is 0 Å². The van der Waals surface area contributed by atoms with Gasteiger partial charge in [-0.25, -0.2) is 0 Å². The lowest BCUT2D eigenvalue weighted by molar-refractivity contribution is 0.0589. The van der Waals surface area contributed by atoms with Gasteiger partial charge in [0.05, 0.1) is 18.8 Å². The lowest BCUT2D eigenvalue weighted by Crippen LogP contribution is -2.25. The maximum absolute atomic E-state index is 9.49. The molecule has 0 amide bonds. The first-order chi connectivity index (χ1) is 8.17. The number of hydrogen-bond acceptors (Lipinski definition) is 4. The summed E-state index contributed by atoms with van der Waals surface area (Å²) in [5, 5.41) is 12.8. The summed E-state index contributed by atoms with van der Waals surface area (Å²) in [7, 11) is 1.59. The Balaban J connectivity index is 2.27. The van der Waals surface area contributed by atoms with Crippen molar-refractivity contribution in [2.75, 3.05) is 20.3 Å². The van der Waals surface area contributed by atoms with Gasteiger partial charge in [0.2, 0.25) is 0 Å². The predicted molar refractivity (Wildman–Crippen MR) is 67.0 cm³/mol. The summed E-state index contributed by atoms with van der Waals surface area (Å²) in [6.07, 6.45) is 1.20. The molecule has 0 saturated heterocycles. The molecular weight excluding hydrogens is 218 g/mol. The van der Waals surface area contributed by atoms with Gasteiger partial charge in [0.25, 0.3) is 0 Å². The second-order valence-electron chi connectivity index (χ2n) is 4.23. The van der Waals surface area contributed by atoms with Crippen LogP contribution in [0.3, 0.4) is 0 Å². The molecule has 0 aliphatic heterocycles.